The van der Waals surface area contributed by atoms with Crippen LogP contribution in [0.4, 0.5) is 0 Å². The zero-order chi connectivity index (χ0) is 15.3. The van der Waals surface area contributed by atoms with Crippen LogP contribution in [0.15, 0.2) is 14.4 Å². The van der Waals surface area contributed by atoms with Gasteiger partial charge in [0.15, 0.2) is 0 Å². The maximum Gasteiger partial charge on any atom is 0.410 e. The topological polar surface area (TPSA) is 106 Å². The summed E-state index contributed by atoms with van der Waals surface area (Å²) in [5, 5.41) is 0. The van der Waals surface area contributed by atoms with E-state index in [1.165, 1.54) is 0 Å². The molecule has 0 spiro atoms. The fourth-order valence-electron chi connectivity index (χ4n) is 1.76. The van der Waals surface area contributed by atoms with Gasteiger partial charge in [0.25, 0.3) is 0 Å². The highest BCUT2D eigenvalue weighted by atomic mass is 28.3. The van der Waals surface area contributed by atoms with Crippen LogP contribution in [0.1, 0.15) is 39.8 Å². The van der Waals surface area contributed by atoms with Crippen molar-refractivity contribution in [3.63, 3.8) is 0 Å². The molecule has 8 nitrogen and oxygen atoms in total. The normalized spacial score (nSPS) is 13.1. The van der Waals surface area contributed by atoms with Crippen molar-refractivity contribution in [1.82, 2.24) is 14.5 Å². The monoisotopic (exact) mass is 302 g/mol. The Morgan fingerprint density at radius 1 is 1.15 bits per heavy atom. The Kier molecular flexibility index (Phi) is 6.11. The zero-order valence-electron chi connectivity index (χ0n) is 12.1. The molecule has 0 saturated heterocycles. The van der Waals surface area contributed by atoms with E-state index in [1.807, 2.05) is 37.7 Å². The van der Waals surface area contributed by atoms with Gasteiger partial charge in [-0.1, -0.05) is 6.92 Å². The fourth-order valence-corrected chi connectivity index (χ4v) is 3.70. The minimum Gasteiger partial charge on any atom is -0.392 e. The Morgan fingerprint density at radius 2 is 1.70 bits per heavy atom. The van der Waals surface area contributed by atoms with E-state index in [-0.39, 0.29) is 6.10 Å². The molecule has 1 atom stereocenters. The van der Waals surface area contributed by atoms with Gasteiger partial charge in [0, 0.05) is 12.7 Å². The lowest BCUT2D eigenvalue weighted by Crippen LogP contribution is -2.50. The van der Waals surface area contributed by atoms with Crippen molar-refractivity contribution in [1.29, 1.82) is 0 Å². The molecule has 0 aliphatic carbocycles. The van der Waals surface area contributed by atoms with Crippen LogP contribution < -0.4 is 17.1 Å². The van der Waals surface area contributed by atoms with E-state index < -0.39 is 32.0 Å². The van der Waals surface area contributed by atoms with Crippen LogP contribution in [0, 0.1) is 0 Å². The molecule has 0 aromatic carbocycles. The van der Waals surface area contributed by atoms with Gasteiger partial charge in [0.2, 0.25) is 0 Å². The van der Waals surface area contributed by atoms with Crippen molar-refractivity contribution < 1.29 is 8.85 Å². The second-order valence-corrected chi connectivity index (χ2v) is 6.23. The summed E-state index contributed by atoms with van der Waals surface area (Å²) in [6, 6.07) is 0. The molecule has 1 aromatic heterocycles. The van der Waals surface area contributed by atoms with Gasteiger partial charge in [-0.2, -0.15) is 0 Å². The minimum atomic E-state index is -1.87. The van der Waals surface area contributed by atoms with E-state index in [9.17, 15) is 14.4 Å². The van der Waals surface area contributed by atoms with Crippen LogP contribution in [0.3, 0.4) is 0 Å². The van der Waals surface area contributed by atoms with Gasteiger partial charge in [-0.3, -0.25) is 9.97 Å². The summed E-state index contributed by atoms with van der Waals surface area (Å²) in [7, 11) is -1.87. The Hall–Kier alpha value is -1.45. The number of aromatic nitrogens is 3. The Labute approximate surface area is 117 Å². The number of H-pyrrole nitrogens is 2. The second kappa shape index (κ2) is 7.36. The number of hydrogen-bond acceptors (Lipinski definition) is 5. The van der Waals surface area contributed by atoms with Crippen LogP contribution in [0.25, 0.3) is 0 Å². The summed E-state index contributed by atoms with van der Waals surface area (Å²) in [4.78, 5) is 38.9. The third-order valence-corrected chi connectivity index (χ3v) is 4.97. The first-order chi connectivity index (χ1) is 9.40. The second-order valence-electron chi connectivity index (χ2n) is 4.40. The predicted octanol–water partition coefficient (Wildman–Crippen LogP) is -0.335. The molecule has 1 aromatic rings. The summed E-state index contributed by atoms with van der Waals surface area (Å²) in [5.74, 6) is 0. The summed E-state index contributed by atoms with van der Waals surface area (Å²) in [6.45, 7) is 7.79. The van der Waals surface area contributed by atoms with Crippen molar-refractivity contribution in [2.75, 3.05) is 6.61 Å². The highest BCUT2D eigenvalue weighted by molar-refractivity contribution is 6.45. The van der Waals surface area contributed by atoms with E-state index in [2.05, 4.69) is 0 Å². The molecular weight excluding hydrogens is 282 g/mol. The Bertz CT molecular complexity index is 556. The molecule has 1 rings (SSSR count). The smallest absolute Gasteiger partial charge is 0.392 e. The molecule has 1 heterocycles. The van der Waals surface area contributed by atoms with Crippen molar-refractivity contribution in [3.05, 3.63) is 31.5 Å². The van der Waals surface area contributed by atoms with Crippen LogP contribution >= 0.6 is 0 Å². The lowest BCUT2D eigenvalue weighted by Gasteiger charge is -2.25. The highest BCUT2D eigenvalue weighted by Crippen LogP contribution is 2.14. The minimum absolute atomic E-state index is 0.0815. The van der Waals surface area contributed by atoms with Crippen molar-refractivity contribution >= 4 is 9.28 Å². The lowest BCUT2D eigenvalue weighted by molar-refractivity contribution is 0.146. The van der Waals surface area contributed by atoms with Crippen LogP contribution in [-0.2, 0) is 8.85 Å². The average Bonchev–Trinajstić information content (AvgIpc) is 2.32. The highest BCUT2D eigenvalue weighted by Gasteiger charge is 2.32. The third kappa shape index (κ3) is 4.02. The predicted molar refractivity (Wildman–Crippen MR) is 74.9 cm³/mol. The number of nitrogens with zero attached hydrogens (tertiary/aromatic N) is 1. The van der Waals surface area contributed by atoms with E-state index in [0.717, 1.165) is 4.57 Å². The van der Waals surface area contributed by atoms with Gasteiger partial charge in [-0.15, -0.1) is 0 Å². The molecule has 0 saturated carbocycles. The molecule has 20 heavy (non-hydrogen) atoms. The molecule has 0 bridgehead atoms. The van der Waals surface area contributed by atoms with Gasteiger partial charge >= 0.3 is 26.4 Å². The number of aromatic amines is 2. The molecule has 0 aliphatic heterocycles. The molecule has 2 N–H and O–H groups in total. The zero-order valence-corrected chi connectivity index (χ0v) is 13.1. The molecule has 0 amide bonds. The standard InChI is InChI=1S/C11H20N3O5Si/c1-5-8(20(18-6-2)19-7(3)4)14-10(16)12-9(15)13-11(14)17/h7-8H,5-6H2,1-4H3,(H2,12,13,15,16,17). The van der Waals surface area contributed by atoms with E-state index in [0.29, 0.717) is 13.0 Å². The molecule has 1 unspecified atom stereocenters. The van der Waals surface area contributed by atoms with E-state index in [1.54, 1.807) is 0 Å². The van der Waals surface area contributed by atoms with Gasteiger partial charge < -0.3 is 8.85 Å². The number of nitrogens with one attached hydrogen (secondary N) is 2. The molecule has 1 radical (unpaired) electrons. The fraction of sp³-hybridized carbons (Fsp3) is 0.727. The van der Waals surface area contributed by atoms with E-state index >= 15 is 0 Å². The number of hydrogen-bond donors (Lipinski definition) is 2. The molecule has 0 fully saturated rings. The molecule has 0 aliphatic rings. The third-order valence-electron chi connectivity index (χ3n) is 2.49. The van der Waals surface area contributed by atoms with Crippen molar-refractivity contribution in [2.45, 2.75) is 45.9 Å². The molecular formula is C11H20N3O5Si. The van der Waals surface area contributed by atoms with Gasteiger partial charge in [0.05, 0.1) is 5.67 Å². The molecule has 113 valence electrons. The summed E-state index contributed by atoms with van der Waals surface area (Å²) < 4.78 is 12.3. The lowest BCUT2D eigenvalue weighted by atomic mass is 10.5. The maximum atomic E-state index is 11.8. The first-order valence-corrected chi connectivity index (χ1v) is 7.91. The average molecular weight is 302 g/mol. The van der Waals surface area contributed by atoms with Crippen molar-refractivity contribution in [3.8, 4) is 0 Å². The summed E-state index contributed by atoms with van der Waals surface area (Å²) in [6.07, 6.45) is 0.401. The maximum absolute atomic E-state index is 11.8. The van der Waals surface area contributed by atoms with Crippen LogP contribution in [0.5, 0.6) is 0 Å². The van der Waals surface area contributed by atoms with Gasteiger partial charge in [-0.25, -0.2) is 19.0 Å². The first-order valence-electron chi connectivity index (χ1n) is 6.52. The van der Waals surface area contributed by atoms with Crippen molar-refractivity contribution in [2.24, 2.45) is 0 Å². The summed E-state index contributed by atoms with van der Waals surface area (Å²) in [5.41, 5.74) is -2.84. The van der Waals surface area contributed by atoms with Crippen LogP contribution in [0.2, 0.25) is 0 Å². The SMILES string of the molecule is CCO[Si](OC(C)C)C(CC)n1c(=O)[nH]c(=O)[nH]c1=O. The first kappa shape index (κ1) is 16.6. The molecule has 9 heteroatoms. The van der Waals surface area contributed by atoms with Gasteiger partial charge in [-0.05, 0) is 27.2 Å². The van der Waals surface area contributed by atoms with E-state index in [4.69, 9.17) is 8.85 Å². The Balaban J connectivity index is 3.26. The quantitative estimate of drug-likeness (QED) is 0.671. The van der Waals surface area contributed by atoms with Crippen LogP contribution in [-0.4, -0.2) is 36.5 Å². The van der Waals surface area contributed by atoms with Gasteiger partial charge in [0.1, 0.15) is 0 Å². The number of rotatable bonds is 7. The Morgan fingerprint density at radius 3 is 2.10 bits per heavy atom. The summed E-state index contributed by atoms with van der Waals surface area (Å²) >= 11 is 0. The largest absolute Gasteiger partial charge is 0.410 e.